The molecule has 0 bridgehead atoms. The molecule has 3 amide bonds. The number of carbonyl (C=O) groups is 3. The highest BCUT2D eigenvalue weighted by molar-refractivity contribution is 8.13. The Balaban J connectivity index is 2.06. The number of hydrogen-bond donors (Lipinski definition) is 2. The van der Waals surface area contributed by atoms with Gasteiger partial charge in [-0.15, -0.1) is 0 Å². The first kappa shape index (κ1) is 21.9. The number of nitrogens with zero attached hydrogens (tertiary/aromatic N) is 2. The van der Waals surface area contributed by atoms with Crippen LogP contribution in [0.2, 0.25) is 0 Å². The van der Waals surface area contributed by atoms with E-state index in [-0.39, 0.29) is 16.5 Å². The Morgan fingerprint density at radius 2 is 1.79 bits per heavy atom. The van der Waals surface area contributed by atoms with Gasteiger partial charge in [0, 0.05) is 36.7 Å². The molecule has 1 atom stereocenters. The van der Waals surface area contributed by atoms with E-state index in [4.69, 9.17) is 0 Å². The summed E-state index contributed by atoms with van der Waals surface area (Å²) in [5.74, 6) is -1.10. The molecule has 0 radical (unpaired) electrons. The van der Waals surface area contributed by atoms with E-state index < -0.39 is 22.8 Å². The number of nitrogens with one attached hydrogen (secondary N) is 2. The maximum Gasteiger partial charge on any atom is 0.286 e. The molecule has 0 heterocycles. The Kier molecular flexibility index (Phi) is 7.32. The van der Waals surface area contributed by atoms with Crippen molar-refractivity contribution in [1.29, 1.82) is 0 Å². The van der Waals surface area contributed by atoms with Crippen molar-refractivity contribution in [3.05, 3.63) is 64.2 Å². The van der Waals surface area contributed by atoms with Crippen LogP contribution in [0.1, 0.15) is 17.3 Å². The molecule has 0 aliphatic rings. The van der Waals surface area contributed by atoms with Crippen LogP contribution < -0.4 is 10.6 Å². The molecule has 10 heteroatoms. The van der Waals surface area contributed by atoms with E-state index in [0.29, 0.717) is 10.6 Å². The van der Waals surface area contributed by atoms with Gasteiger partial charge in [-0.05, 0) is 36.9 Å². The highest BCUT2D eigenvalue weighted by Gasteiger charge is 2.20. The third-order valence-corrected chi connectivity index (χ3v) is 4.88. The predicted molar refractivity (Wildman–Crippen MR) is 110 cm³/mol. The molecule has 0 aromatic heterocycles. The molecule has 0 saturated heterocycles. The first-order valence-corrected chi connectivity index (χ1v) is 9.35. The van der Waals surface area contributed by atoms with Crippen molar-refractivity contribution in [3.8, 4) is 0 Å². The lowest BCUT2D eigenvalue weighted by Gasteiger charge is -2.16. The zero-order valence-electron chi connectivity index (χ0n) is 16.0. The Morgan fingerprint density at radius 3 is 2.45 bits per heavy atom. The molecule has 2 rings (SSSR count). The summed E-state index contributed by atoms with van der Waals surface area (Å²) in [6.07, 6.45) is 0. The van der Waals surface area contributed by atoms with Gasteiger partial charge in [-0.3, -0.25) is 24.5 Å². The van der Waals surface area contributed by atoms with E-state index in [1.807, 2.05) is 0 Å². The number of nitro benzene ring substituents is 1. The Hall–Kier alpha value is -3.40. The molecule has 2 N–H and O–H groups in total. The number of amides is 3. The first-order valence-electron chi connectivity index (χ1n) is 8.53. The van der Waals surface area contributed by atoms with E-state index in [1.165, 1.54) is 30.0 Å². The minimum Gasteiger partial charge on any atom is -0.341 e. The average Bonchev–Trinajstić information content (AvgIpc) is 2.69. The summed E-state index contributed by atoms with van der Waals surface area (Å²) in [7, 11) is 3.25. The summed E-state index contributed by atoms with van der Waals surface area (Å²) in [6, 6.07) is 11.1. The monoisotopic (exact) mass is 416 g/mol. The normalized spacial score (nSPS) is 11.3. The van der Waals surface area contributed by atoms with Crippen molar-refractivity contribution in [3.63, 3.8) is 0 Å². The summed E-state index contributed by atoms with van der Waals surface area (Å²) >= 11 is 0.968. The fraction of sp³-hybridized carbons (Fsp3) is 0.211. The smallest absolute Gasteiger partial charge is 0.286 e. The lowest BCUT2D eigenvalue weighted by molar-refractivity contribution is -0.384. The van der Waals surface area contributed by atoms with Gasteiger partial charge in [-0.25, -0.2) is 0 Å². The Morgan fingerprint density at radius 1 is 1.10 bits per heavy atom. The zero-order valence-corrected chi connectivity index (χ0v) is 16.9. The van der Waals surface area contributed by atoms with Gasteiger partial charge in [0.25, 0.3) is 16.8 Å². The number of nitro groups is 1. The lowest BCUT2D eigenvalue weighted by atomic mass is 10.1. The van der Waals surface area contributed by atoms with Gasteiger partial charge in [0.1, 0.15) is 6.04 Å². The molecular weight excluding hydrogens is 396 g/mol. The van der Waals surface area contributed by atoms with Crippen molar-refractivity contribution in [2.24, 2.45) is 0 Å². The topological polar surface area (TPSA) is 122 Å². The highest BCUT2D eigenvalue weighted by atomic mass is 32.2. The van der Waals surface area contributed by atoms with Crippen LogP contribution >= 0.6 is 11.8 Å². The molecule has 0 spiro atoms. The second-order valence-electron chi connectivity index (χ2n) is 6.25. The van der Waals surface area contributed by atoms with Crippen LogP contribution in [-0.2, 0) is 4.79 Å². The van der Waals surface area contributed by atoms with Crippen molar-refractivity contribution < 1.29 is 19.3 Å². The predicted octanol–water partition coefficient (Wildman–Crippen LogP) is 3.13. The summed E-state index contributed by atoms with van der Waals surface area (Å²) in [6.45, 7) is 1.49. The van der Waals surface area contributed by atoms with E-state index in [2.05, 4.69) is 10.6 Å². The van der Waals surface area contributed by atoms with E-state index in [9.17, 15) is 24.5 Å². The number of anilines is 1. The highest BCUT2D eigenvalue weighted by Crippen LogP contribution is 2.28. The minimum absolute atomic E-state index is 0.0754. The minimum atomic E-state index is -0.913. The third-order valence-electron chi connectivity index (χ3n) is 3.77. The molecule has 2 aromatic carbocycles. The standard InChI is InChI=1S/C19H20N4O5S/c1-12(20-18(25)13-7-6-8-14(11-13)23(27)28)17(24)21-15-9-4-5-10-16(15)29-19(26)22(2)3/h4-12H,1-3H3,(H,20,25)(H,21,24). The fourth-order valence-electron chi connectivity index (χ4n) is 2.19. The average molecular weight is 416 g/mol. The number of para-hydroxylation sites is 1. The molecule has 29 heavy (non-hydrogen) atoms. The van der Waals surface area contributed by atoms with Crippen LogP contribution in [-0.4, -0.2) is 47.0 Å². The van der Waals surface area contributed by atoms with Gasteiger partial charge >= 0.3 is 0 Å². The second-order valence-corrected chi connectivity index (χ2v) is 7.24. The van der Waals surface area contributed by atoms with Gasteiger partial charge in [0.05, 0.1) is 10.6 Å². The Labute approximate surface area is 171 Å². The SMILES string of the molecule is CC(NC(=O)c1cccc([N+](=O)[O-])c1)C(=O)Nc1ccccc1SC(=O)N(C)C. The van der Waals surface area contributed by atoms with Crippen LogP contribution in [0, 0.1) is 10.1 Å². The van der Waals surface area contributed by atoms with E-state index in [1.54, 1.807) is 38.4 Å². The summed E-state index contributed by atoms with van der Waals surface area (Å²) in [4.78, 5) is 49.0. The molecule has 1 unspecified atom stereocenters. The molecular formula is C19H20N4O5S. The molecule has 0 saturated carbocycles. The summed E-state index contributed by atoms with van der Waals surface area (Å²) in [5, 5.41) is 15.8. The fourth-order valence-corrected chi connectivity index (χ4v) is 2.94. The molecule has 152 valence electrons. The summed E-state index contributed by atoms with van der Waals surface area (Å²) < 4.78 is 0. The van der Waals surface area contributed by atoms with Gasteiger partial charge in [0.15, 0.2) is 0 Å². The maximum atomic E-state index is 12.5. The van der Waals surface area contributed by atoms with Crippen molar-refractivity contribution >= 4 is 40.2 Å². The number of benzene rings is 2. The largest absolute Gasteiger partial charge is 0.341 e. The van der Waals surface area contributed by atoms with Gasteiger partial charge in [-0.1, -0.05) is 18.2 Å². The molecule has 0 aliphatic heterocycles. The van der Waals surface area contributed by atoms with E-state index in [0.717, 1.165) is 17.8 Å². The quantitative estimate of drug-likeness (QED) is 0.424. The van der Waals surface area contributed by atoms with Gasteiger partial charge < -0.3 is 15.5 Å². The van der Waals surface area contributed by atoms with Crippen LogP contribution in [0.25, 0.3) is 0 Å². The van der Waals surface area contributed by atoms with Crippen LogP contribution in [0.15, 0.2) is 53.4 Å². The van der Waals surface area contributed by atoms with Crippen molar-refractivity contribution in [2.75, 3.05) is 19.4 Å². The molecule has 2 aromatic rings. The van der Waals surface area contributed by atoms with Crippen molar-refractivity contribution in [1.82, 2.24) is 10.2 Å². The maximum absolute atomic E-state index is 12.5. The van der Waals surface area contributed by atoms with Gasteiger partial charge in [-0.2, -0.15) is 0 Å². The zero-order chi connectivity index (χ0) is 21.6. The van der Waals surface area contributed by atoms with E-state index >= 15 is 0 Å². The number of non-ortho nitro benzene ring substituents is 1. The summed E-state index contributed by atoms with van der Waals surface area (Å²) in [5.41, 5.74) is 0.298. The molecule has 0 aliphatic carbocycles. The number of thioether (sulfide) groups is 1. The van der Waals surface area contributed by atoms with Crippen LogP contribution in [0.5, 0.6) is 0 Å². The number of hydrogen-bond acceptors (Lipinski definition) is 6. The number of carbonyl (C=O) groups excluding carboxylic acids is 3. The number of rotatable bonds is 6. The molecule has 9 nitrogen and oxygen atoms in total. The Bertz CT molecular complexity index is 948. The lowest BCUT2D eigenvalue weighted by Crippen LogP contribution is -2.41. The molecule has 0 fully saturated rings. The third kappa shape index (κ3) is 6.04. The van der Waals surface area contributed by atoms with Gasteiger partial charge in [0.2, 0.25) is 5.91 Å². The van der Waals surface area contributed by atoms with Crippen molar-refractivity contribution in [2.45, 2.75) is 17.9 Å². The van der Waals surface area contributed by atoms with Crippen LogP contribution in [0.3, 0.4) is 0 Å². The van der Waals surface area contributed by atoms with Crippen LogP contribution in [0.4, 0.5) is 16.2 Å². The first-order chi connectivity index (χ1) is 13.7. The second kappa shape index (κ2) is 9.69.